The third-order valence-electron chi connectivity index (χ3n) is 5.20. The predicted octanol–water partition coefficient (Wildman–Crippen LogP) is 2.83. The Labute approximate surface area is 170 Å². The maximum atomic E-state index is 12.1. The van der Waals surface area contributed by atoms with Crippen LogP contribution in [-0.2, 0) is 17.8 Å². The van der Waals surface area contributed by atoms with Crippen LogP contribution in [0.15, 0.2) is 72.1 Å². The van der Waals surface area contributed by atoms with Gasteiger partial charge in [0.2, 0.25) is 5.91 Å². The second kappa shape index (κ2) is 9.04. The summed E-state index contributed by atoms with van der Waals surface area (Å²) in [6, 6.07) is 22.9. The second-order valence-electron chi connectivity index (χ2n) is 7.25. The quantitative estimate of drug-likeness (QED) is 0.677. The number of carbonyl (C=O) groups is 1. The van der Waals surface area contributed by atoms with Crippen molar-refractivity contribution in [3.05, 3.63) is 82.6 Å². The smallest absolute Gasteiger partial charge is 0.229 e. The average molecular weight is 393 g/mol. The molecule has 1 saturated heterocycles. The molecule has 28 heavy (non-hydrogen) atoms. The lowest BCUT2D eigenvalue weighted by Crippen LogP contribution is -3.13. The molecule has 1 aliphatic rings. The molecule has 3 aromatic rings. The lowest BCUT2D eigenvalue weighted by atomic mass is 10.2. The minimum atomic E-state index is 0.0355. The summed E-state index contributed by atoms with van der Waals surface area (Å²) in [6.45, 7) is 5.52. The van der Waals surface area contributed by atoms with Gasteiger partial charge in [-0.3, -0.25) is 4.79 Å². The SMILES string of the molecule is O=C(Cc1cccs1)Nc1ccc(N2CC[NH+](Cc3ccccc3)CC2)cc1. The van der Waals surface area contributed by atoms with Gasteiger partial charge in [0.25, 0.3) is 0 Å². The Bertz CT molecular complexity index is 870. The number of anilines is 2. The first-order valence-corrected chi connectivity index (χ1v) is 10.7. The summed E-state index contributed by atoms with van der Waals surface area (Å²) >= 11 is 1.61. The van der Waals surface area contributed by atoms with Crippen molar-refractivity contribution in [2.24, 2.45) is 0 Å². The van der Waals surface area contributed by atoms with E-state index in [4.69, 9.17) is 0 Å². The van der Waals surface area contributed by atoms with Crippen molar-refractivity contribution in [1.82, 2.24) is 0 Å². The third kappa shape index (κ3) is 5.00. The molecule has 2 aromatic carbocycles. The van der Waals surface area contributed by atoms with Gasteiger partial charge in [-0.2, -0.15) is 0 Å². The van der Waals surface area contributed by atoms with Gasteiger partial charge in [0.1, 0.15) is 6.54 Å². The van der Waals surface area contributed by atoms with Gasteiger partial charge in [-0.05, 0) is 35.7 Å². The summed E-state index contributed by atoms with van der Waals surface area (Å²) in [5, 5.41) is 4.99. The Kier molecular flexibility index (Phi) is 6.04. The second-order valence-corrected chi connectivity index (χ2v) is 8.28. The number of nitrogens with zero attached hydrogens (tertiary/aromatic N) is 1. The van der Waals surface area contributed by atoms with Gasteiger partial charge in [-0.15, -0.1) is 11.3 Å². The maximum Gasteiger partial charge on any atom is 0.229 e. The van der Waals surface area contributed by atoms with E-state index in [1.165, 1.54) is 11.3 Å². The first-order chi connectivity index (χ1) is 13.8. The summed E-state index contributed by atoms with van der Waals surface area (Å²) in [7, 11) is 0. The van der Waals surface area contributed by atoms with Gasteiger partial charge in [-0.1, -0.05) is 36.4 Å². The van der Waals surface area contributed by atoms with Crippen molar-refractivity contribution in [1.29, 1.82) is 0 Å². The number of carbonyl (C=O) groups excluding carboxylic acids is 1. The van der Waals surface area contributed by atoms with Crippen LogP contribution in [0.2, 0.25) is 0 Å². The summed E-state index contributed by atoms with van der Waals surface area (Å²) in [6.07, 6.45) is 0.436. The molecule has 5 heteroatoms. The third-order valence-corrected chi connectivity index (χ3v) is 6.07. The molecule has 1 aromatic heterocycles. The van der Waals surface area contributed by atoms with E-state index in [0.717, 1.165) is 43.3 Å². The maximum absolute atomic E-state index is 12.1. The minimum Gasteiger partial charge on any atom is -0.360 e. The molecule has 1 aliphatic heterocycles. The molecule has 2 N–H and O–H groups in total. The van der Waals surface area contributed by atoms with Gasteiger partial charge >= 0.3 is 0 Å². The molecule has 0 unspecified atom stereocenters. The van der Waals surface area contributed by atoms with E-state index >= 15 is 0 Å². The Morgan fingerprint density at radius 3 is 2.39 bits per heavy atom. The van der Waals surface area contributed by atoms with Crippen LogP contribution < -0.4 is 15.1 Å². The van der Waals surface area contributed by atoms with Crippen molar-refractivity contribution >= 4 is 28.6 Å². The fraction of sp³-hybridized carbons (Fsp3) is 0.261. The van der Waals surface area contributed by atoms with E-state index in [1.54, 1.807) is 16.2 Å². The van der Waals surface area contributed by atoms with Crippen LogP contribution in [-0.4, -0.2) is 32.1 Å². The van der Waals surface area contributed by atoms with E-state index in [1.807, 2.05) is 29.6 Å². The van der Waals surface area contributed by atoms with Crippen LogP contribution >= 0.6 is 11.3 Å². The largest absolute Gasteiger partial charge is 0.360 e. The first kappa shape index (κ1) is 18.7. The monoisotopic (exact) mass is 392 g/mol. The molecule has 0 saturated carbocycles. The number of benzene rings is 2. The van der Waals surface area contributed by atoms with Crippen LogP contribution in [0, 0.1) is 0 Å². The predicted molar refractivity (Wildman–Crippen MR) is 116 cm³/mol. The highest BCUT2D eigenvalue weighted by Gasteiger charge is 2.20. The van der Waals surface area contributed by atoms with Crippen molar-refractivity contribution in [3.8, 4) is 0 Å². The Morgan fingerprint density at radius 2 is 1.71 bits per heavy atom. The number of amides is 1. The Balaban J connectivity index is 1.27. The van der Waals surface area contributed by atoms with Crippen LogP contribution in [0.4, 0.5) is 11.4 Å². The van der Waals surface area contributed by atoms with E-state index in [0.29, 0.717) is 6.42 Å². The molecule has 1 amide bonds. The molecule has 2 heterocycles. The summed E-state index contributed by atoms with van der Waals surface area (Å²) in [5.41, 5.74) is 3.50. The lowest BCUT2D eigenvalue weighted by Gasteiger charge is -2.33. The van der Waals surface area contributed by atoms with Crippen LogP contribution in [0.25, 0.3) is 0 Å². The average Bonchev–Trinajstić information content (AvgIpc) is 3.23. The molecular formula is C23H26N3OS+. The van der Waals surface area contributed by atoms with Crippen LogP contribution in [0.1, 0.15) is 10.4 Å². The van der Waals surface area contributed by atoms with Crippen molar-refractivity contribution < 1.29 is 9.69 Å². The molecule has 0 spiro atoms. The number of quaternary nitrogens is 1. The van der Waals surface area contributed by atoms with Crippen molar-refractivity contribution in [2.45, 2.75) is 13.0 Å². The zero-order valence-corrected chi connectivity index (χ0v) is 16.8. The van der Waals surface area contributed by atoms with Crippen molar-refractivity contribution in [3.63, 3.8) is 0 Å². The molecule has 144 valence electrons. The lowest BCUT2D eigenvalue weighted by molar-refractivity contribution is -0.914. The molecule has 0 aliphatic carbocycles. The normalized spacial score (nSPS) is 14.8. The van der Waals surface area contributed by atoms with E-state index < -0.39 is 0 Å². The number of hydrogen-bond acceptors (Lipinski definition) is 3. The zero-order valence-electron chi connectivity index (χ0n) is 15.9. The highest BCUT2D eigenvalue weighted by Crippen LogP contribution is 2.18. The van der Waals surface area contributed by atoms with Crippen LogP contribution in [0.3, 0.4) is 0 Å². The topological polar surface area (TPSA) is 36.8 Å². The molecule has 1 fully saturated rings. The highest BCUT2D eigenvalue weighted by atomic mass is 32.1. The van der Waals surface area contributed by atoms with E-state index in [2.05, 4.69) is 52.7 Å². The summed E-state index contributed by atoms with van der Waals surface area (Å²) < 4.78 is 0. The van der Waals surface area contributed by atoms with Gasteiger partial charge in [0.15, 0.2) is 0 Å². The molecule has 4 nitrogen and oxygen atoms in total. The summed E-state index contributed by atoms with van der Waals surface area (Å²) in [5.74, 6) is 0.0355. The molecule has 0 atom stereocenters. The number of thiophene rings is 1. The number of piperazine rings is 1. The van der Waals surface area contributed by atoms with Gasteiger partial charge in [0.05, 0.1) is 32.6 Å². The molecule has 4 rings (SSSR count). The molecule has 0 bridgehead atoms. The fourth-order valence-corrected chi connectivity index (χ4v) is 4.38. The Hall–Kier alpha value is -2.63. The highest BCUT2D eigenvalue weighted by molar-refractivity contribution is 7.10. The number of hydrogen-bond donors (Lipinski definition) is 2. The molecular weight excluding hydrogens is 366 g/mol. The van der Waals surface area contributed by atoms with Gasteiger partial charge < -0.3 is 15.1 Å². The summed E-state index contributed by atoms with van der Waals surface area (Å²) in [4.78, 5) is 17.3. The molecule has 0 radical (unpaired) electrons. The zero-order chi connectivity index (χ0) is 19.2. The van der Waals surface area contributed by atoms with Crippen molar-refractivity contribution in [2.75, 3.05) is 36.4 Å². The van der Waals surface area contributed by atoms with Gasteiger partial charge in [-0.25, -0.2) is 0 Å². The van der Waals surface area contributed by atoms with E-state index in [9.17, 15) is 4.79 Å². The number of nitrogens with one attached hydrogen (secondary N) is 2. The standard InChI is InChI=1S/C23H25N3OS/c27-23(17-22-7-4-16-28-22)24-20-8-10-21(11-9-20)26-14-12-25(13-15-26)18-19-5-2-1-3-6-19/h1-11,16H,12-15,17-18H2,(H,24,27)/p+1. The fourth-order valence-electron chi connectivity index (χ4n) is 3.67. The van der Waals surface area contributed by atoms with E-state index in [-0.39, 0.29) is 5.91 Å². The first-order valence-electron chi connectivity index (χ1n) is 9.81. The number of rotatable bonds is 6. The Morgan fingerprint density at radius 1 is 0.964 bits per heavy atom. The van der Waals surface area contributed by atoms with Crippen LogP contribution in [0.5, 0.6) is 0 Å². The minimum absolute atomic E-state index is 0.0355. The van der Waals surface area contributed by atoms with Gasteiger partial charge in [0, 0.05) is 21.8 Å².